The number of amides is 4. The van der Waals surface area contributed by atoms with Crippen LogP contribution in [0, 0.1) is 11.6 Å². The molecule has 1 aliphatic rings. The van der Waals surface area contributed by atoms with E-state index in [0.29, 0.717) is 16.7 Å². The van der Waals surface area contributed by atoms with Gasteiger partial charge in [0.05, 0.1) is 10.2 Å². The lowest BCUT2D eigenvalue weighted by Crippen LogP contribution is -2.44. The summed E-state index contributed by atoms with van der Waals surface area (Å²) in [6.07, 6.45) is 0.314. The van der Waals surface area contributed by atoms with Gasteiger partial charge in [-0.2, -0.15) is 0 Å². The number of imide groups is 1. The Kier molecular flexibility index (Phi) is 4.94. The van der Waals surface area contributed by atoms with Gasteiger partial charge in [-0.1, -0.05) is 48.6 Å². The number of fused-ring (bicyclic) bond motifs is 1. The van der Waals surface area contributed by atoms with Crippen LogP contribution in [0.3, 0.4) is 0 Å². The number of urea groups is 1. The first-order valence-electron chi connectivity index (χ1n) is 9.09. The van der Waals surface area contributed by atoms with Crippen LogP contribution in [0.15, 0.2) is 42.5 Å². The number of benzene rings is 2. The molecule has 1 atom stereocenters. The summed E-state index contributed by atoms with van der Waals surface area (Å²) in [6, 6.07) is 10.1. The molecule has 0 saturated carbocycles. The molecule has 0 spiro atoms. The van der Waals surface area contributed by atoms with Crippen LogP contribution >= 0.6 is 11.3 Å². The van der Waals surface area contributed by atoms with Crippen LogP contribution in [0.2, 0.25) is 0 Å². The van der Waals surface area contributed by atoms with Crippen LogP contribution in [0.4, 0.5) is 18.7 Å². The van der Waals surface area contributed by atoms with Crippen molar-refractivity contribution < 1.29 is 23.2 Å². The Labute approximate surface area is 173 Å². The molecule has 0 bridgehead atoms. The Morgan fingerprint density at radius 2 is 1.90 bits per heavy atom. The average Bonchev–Trinajstić information content (AvgIpc) is 3.21. The van der Waals surface area contributed by atoms with Crippen LogP contribution in [0.25, 0.3) is 10.2 Å². The van der Waals surface area contributed by atoms with E-state index < -0.39 is 41.6 Å². The average molecular weight is 430 g/mol. The lowest BCUT2D eigenvalue weighted by molar-refractivity contribution is -0.134. The molecule has 2 N–H and O–H groups in total. The zero-order valence-corrected chi connectivity index (χ0v) is 16.6. The van der Waals surface area contributed by atoms with Gasteiger partial charge in [0, 0.05) is 6.07 Å². The fraction of sp³-hybridized carbons (Fsp3) is 0.200. The molecule has 1 unspecified atom stereocenters. The summed E-state index contributed by atoms with van der Waals surface area (Å²) >= 11 is 0.955. The first kappa shape index (κ1) is 19.9. The summed E-state index contributed by atoms with van der Waals surface area (Å²) in [5.41, 5.74) is -0.411. The van der Waals surface area contributed by atoms with E-state index in [1.165, 1.54) is 0 Å². The van der Waals surface area contributed by atoms with Crippen LogP contribution in [0.1, 0.15) is 18.9 Å². The second kappa shape index (κ2) is 7.45. The second-order valence-electron chi connectivity index (χ2n) is 6.75. The smallest absolute Gasteiger partial charge is 0.319 e. The number of nitrogens with zero attached hydrogens (tertiary/aromatic N) is 2. The molecule has 0 radical (unpaired) electrons. The van der Waals surface area contributed by atoms with Crippen molar-refractivity contribution in [3.8, 4) is 0 Å². The van der Waals surface area contributed by atoms with E-state index in [4.69, 9.17) is 0 Å². The van der Waals surface area contributed by atoms with Crippen LogP contribution in [-0.4, -0.2) is 34.3 Å². The third-order valence-corrected chi connectivity index (χ3v) is 5.88. The summed E-state index contributed by atoms with van der Waals surface area (Å²) in [6.45, 7) is 1.26. The Hall–Kier alpha value is -3.40. The summed E-state index contributed by atoms with van der Waals surface area (Å²) < 4.78 is 27.0. The van der Waals surface area contributed by atoms with E-state index in [1.54, 1.807) is 37.3 Å². The van der Waals surface area contributed by atoms with E-state index in [-0.39, 0.29) is 10.6 Å². The van der Waals surface area contributed by atoms with Crippen LogP contribution in [0.5, 0.6) is 0 Å². The Balaban J connectivity index is 1.52. The number of aromatic nitrogens is 1. The molecule has 1 saturated heterocycles. The fourth-order valence-electron chi connectivity index (χ4n) is 3.41. The van der Waals surface area contributed by atoms with Gasteiger partial charge in [0.1, 0.15) is 12.1 Å². The molecule has 4 rings (SSSR count). The predicted molar refractivity (Wildman–Crippen MR) is 107 cm³/mol. The molecule has 3 aromatic rings. The number of hydrogen-bond donors (Lipinski definition) is 2. The molecule has 1 aromatic heterocycles. The van der Waals surface area contributed by atoms with Crippen molar-refractivity contribution >= 4 is 44.5 Å². The highest BCUT2D eigenvalue weighted by molar-refractivity contribution is 7.22. The highest BCUT2D eigenvalue weighted by Gasteiger charge is 2.51. The molecule has 2 heterocycles. The number of rotatable bonds is 5. The molecule has 7 nitrogen and oxygen atoms in total. The lowest BCUT2D eigenvalue weighted by Gasteiger charge is -2.25. The number of thiazole rings is 1. The molecular weight excluding hydrogens is 414 g/mol. The maximum Gasteiger partial charge on any atom is 0.325 e. The Morgan fingerprint density at radius 1 is 1.20 bits per heavy atom. The largest absolute Gasteiger partial charge is 0.325 e. The molecule has 2 aromatic carbocycles. The fourth-order valence-corrected chi connectivity index (χ4v) is 4.30. The number of hydrogen-bond acceptors (Lipinski definition) is 5. The van der Waals surface area contributed by atoms with Crippen molar-refractivity contribution in [2.24, 2.45) is 0 Å². The molecular formula is C20H16F2N4O3S. The number of nitrogens with one attached hydrogen (secondary N) is 2. The van der Waals surface area contributed by atoms with Crippen molar-refractivity contribution in [3.63, 3.8) is 0 Å². The number of anilines is 1. The molecule has 1 aliphatic heterocycles. The maximum absolute atomic E-state index is 13.4. The van der Waals surface area contributed by atoms with Crippen molar-refractivity contribution in [1.82, 2.24) is 15.2 Å². The maximum atomic E-state index is 13.4. The highest BCUT2D eigenvalue weighted by atomic mass is 32.1. The van der Waals surface area contributed by atoms with Crippen molar-refractivity contribution in [2.75, 3.05) is 11.9 Å². The third kappa shape index (κ3) is 3.28. The third-order valence-electron chi connectivity index (χ3n) is 4.95. The molecule has 1 fully saturated rings. The molecule has 154 valence electrons. The van der Waals surface area contributed by atoms with Gasteiger partial charge in [-0.05, 0) is 18.1 Å². The number of carbonyl (C=O) groups excluding carboxylic acids is 3. The van der Waals surface area contributed by atoms with Gasteiger partial charge in [-0.15, -0.1) is 0 Å². The van der Waals surface area contributed by atoms with Crippen molar-refractivity contribution in [2.45, 2.75) is 18.9 Å². The quantitative estimate of drug-likeness (QED) is 0.607. The zero-order valence-electron chi connectivity index (χ0n) is 15.7. The Bertz CT molecular complexity index is 1130. The topological polar surface area (TPSA) is 91.4 Å². The van der Waals surface area contributed by atoms with Gasteiger partial charge in [0.25, 0.3) is 5.91 Å². The lowest BCUT2D eigenvalue weighted by atomic mass is 9.87. The van der Waals surface area contributed by atoms with Gasteiger partial charge in [-0.3, -0.25) is 14.5 Å². The second-order valence-corrected chi connectivity index (χ2v) is 7.78. The summed E-state index contributed by atoms with van der Waals surface area (Å²) in [7, 11) is 0. The first-order chi connectivity index (χ1) is 14.3. The van der Waals surface area contributed by atoms with E-state index >= 15 is 0 Å². The van der Waals surface area contributed by atoms with Gasteiger partial charge in [-0.25, -0.2) is 18.6 Å². The zero-order chi connectivity index (χ0) is 21.5. The normalized spacial score (nSPS) is 18.7. The number of halogens is 2. The minimum atomic E-state index is -1.23. The molecule has 0 aliphatic carbocycles. The van der Waals surface area contributed by atoms with Gasteiger partial charge < -0.3 is 10.6 Å². The Morgan fingerprint density at radius 3 is 2.60 bits per heavy atom. The number of carbonyl (C=O) groups is 3. The van der Waals surface area contributed by atoms with Crippen molar-refractivity contribution in [3.05, 3.63) is 59.7 Å². The summed E-state index contributed by atoms with van der Waals surface area (Å²) in [4.78, 5) is 42.8. The van der Waals surface area contributed by atoms with Gasteiger partial charge in [0.15, 0.2) is 16.8 Å². The molecule has 10 heteroatoms. The molecule has 4 amide bonds. The minimum Gasteiger partial charge on any atom is -0.319 e. The van der Waals surface area contributed by atoms with E-state index in [1.807, 2.05) is 0 Å². The van der Waals surface area contributed by atoms with E-state index in [9.17, 15) is 23.2 Å². The van der Waals surface area contributed by atoms with Gasteiger partial charge in [0.2, 0.25) is 5.91 Å². The highest BCUT2D eigenvalue weighted by Crippen LogP contribution is 2.32. The molecule has 30 heavy (non-hydrogen) atoms. The van der Waals surface area contributed by atoms with Gasteiger partial charge >= 0.3 is 6.03 Å². The summed E-state index contributed by atoms with van der Waals surface area (Å²) in [5.74, 6) is -3.23. The first-order valence-corrected chi connectivity index (χ1v) is 9.91. The van der Waals surface area contributed by atoms with Crippen molar-refractivity contribution in [1.29, 1.82) is 0 Å². The van der Waals surface area contributed by atoms with Crippen LogP contribution in [-0.2, 0) is 15.1 Å². The van der Waals surface area contributed by atoms with E-state index in [2.05, 4.69) is 15.6 Å². The predicted octanol–water partition coefficient (Wildman–Crippen LogP) is 3.37. The standard InChI is InChI=1S/C20H16F2N4O3S/c1-2-20(11-6-4-3-5-7-11)17(28)26(19(29)25-20)10-16(27)24-18-23-14-8-12(21)13(22)9-15(14)30-18/h3-9H,2,10H2,1H3,(H,25,29)(H,23,24,27). The SMILES string of the molecule is CCC1(c2ccccc2)NC(=O)N(CC(=O)Nc2nc3cc(F)c(F)cc3s2)C1=O. The van der Waals surface area contributed by atoms with E-state index in [0.717, 1.165) is 28.4 Å². The minimum absolute atomic E-state index is 0.108. The van der Waals surface area contributed by atoms with Crippen LogP contribution < -0.4 is 10.6 Å². The monoisotopic (exact) mass is 430 g/mol. The summed E-state index contributed by atoms with van der Waals surface area (Å²) in [5, 5.41) is 5.28.